The van der Waals surface area contributed by atoms with Crippen LogP contribution < -0.4 is 5.06 Å². The molecular formula is C5H9NO. The quantitative estimate of drug-likeness (QED) is 0.394. The molecule has 3 atom stereocenters. The van der Waals surface area contributed by atoms with Crippen LogP contribution in [0.2, 0.25) is 0 Å². The van der Waals surface area contributed by atoms with Gasteiger partial charge in [0.15, 0.2) is 0 Å². The molecule has 1 aliphatic heterocycles. The van der Waals surface area contributed by atoms with Crippen LogP contribution >= 0.6 is 0 Å². The number of hydroxylamine groups is 2. The van der Waals surface area contributed by atoms with Crippen molar-refractivity contribution in [2.75, 3.05) is 6.54 Å². The van der Waals surface area contributed by atoms with Crippen molar-refractivity contribution in [2.24, 2.45) is 5.92 Å². The van der Waals surface area contributed by atoms with Crippen LogP contribution in [0.3, 0.4) is 0 Å². The molecule has 1 heterocycles. The molecule has 2 heteroatoms. The molecule has 1 saturated heterocycles. The average Bonchev–Trinajstić information content (AvgIpc) is 2.33. The summed E-state index contributed by atoms with van der Waals surface area (Å²) in [6.45, 7) is 0.884. The minimum atomic E-state index is 0.532. The monoisotopic (exact) mass is 99.1 g/mol. The van der Waals surface area contributed by atoms with E-state index in [2.05, 4.69) is 0 Å². The number of hydrogen-bond acceptors (Lipinski definition) is 1. The second kappa shape index (κ2) is 1.01. The molecule has 0 spiro atoms. The lowest BCUT2D eigenvalue weighted by Crippen LogP contribution is -3.07. The molecule has 2 rings (SSSR count). The fourth-order valence-corrected chi connectivity index (χ4v) is 1.47. The summed E-state index contributed by atoms with van der Waals surface area (Å²) in [4.78, 5) is 0. The molecule has 1 saturated carbocycles. The predicted molar refractivity (Wildman–Crippen MR) is 25.7 cm³/mol. The van der Waals surface area contributed by atoms with Gasteiger partial charge >= 0.3 is 0 Å². The van der Waals surface area contributed by atoms with Gasteiger partial charge in [-0.3, -0.25) is 0 Å². The van der Waals surface area contributed by atoms with Gasteiger partial charge in [0, 0.05) is 18.8 Å². The van der Waals surface area contributed by atoms with Gasteiger partial charge in [0.05, 0.1) is 12.6 Å². The maximum absolute atomic E-state index is 10.6. The summed E-state index contributed by atoms with van der Waals surface area (Å²) >= 11 is 0. The van der Waals surface area contributed by atoms with Gasteiger partial charge in [0.25, 0.3) is 0 Å². The van der Waals surface area contributed by atoms with Crippen molar-refractivity contribution < 1.29 is 5.06 Å². The Morgan fingerprint density at radius 2 is 2.43 bits per heavy atom. The number of nitrogens with one attached hydrogen (secondary N) is 1. The van der Waals surface area contributed by atoms with E-state index >= 15 is 0 Å². The number of piperidine rings is 1. The Kier molecular flexibility index (Phi) is 0.557. The predicted octanol–water partition coefficient (Wildman–Crippen LogP) is -0.839. The molecule has 0 radical (unpaired) electrons. The van der Waals surface area contributed by atoms with Crippen molar-refractivity contribution in [3.05, 3.63) is 5.21 Å². The third-order valence-corrected chi connectivity index (χ3v) is 2.10. The summed E-state index contributed by atoms with van der Waals surface area (Å²) in [5.74, 6) is 0.840. The maximum atomic E-state index is 10.6. The van der Waals surface area contributed by atoms with E-state index < -0.39 is 0 Å². The second-order valence-electron chi connectivity index (χ2n) is 2.61. The van der Waals surface area contributed by atoms with E-state index in [-0.39, 0.29) is 0 Å². The minimum absolute atomic E-state index is 0.532. The van der Waals surface area contributed by atoms with E-state index in [9.17, 15) is 5.21 Å². The smallest absolute Gasteiger partial charge is 0.0909 e. The molecule has 2 fully saturated rings. The fourth-order valence-electron chi connectivity index (χ4n) is 1.47. The Bertz CT molecular complexity index is 94.1. The first kappa shape index (κ1) is 3.87. The van der Waals surface area contributed by atoms with Crippen LogP contribution in [0.5, 0.6) is 0 Å². The highest BCUT2D eigenvalue weighted by molar-refractivity contribution is 4.89. The van der Waals surface area contributed by atoms with Crippen LogP contribution in [0.1, 0.15) is 12.8 Å². The van der Waals surface area contributed by atoms with Gasteiger partial charge in [-0.15, -0.1) is 0 Å². The zero-order valence-electron chi connectivity index (χ0n) is 4.18. The Morgan fingerprint density at radius 3 is 2.57 bits per heavy atom. The first-order chi connectivity index (χ1) is 3.38. The summed E-state index contributed by atoms with van der Waals surface area (Å²) in [6.07, 6.45) is 2.42. The largest absolute Gasteiger partial charge is 0.634 e. The van der Waals surface area contributed by atoms with E-state index in [1.165, 1.54) is 12.8 Å². The topological polar surface area (TPSA) is 27.5 Å². The molecule has 0 aromatic rings. The maximum Gasteiger partial charge on any atom is 0.0909 e. The molecule has 0 amide bonds. The first-order valence-corrected chi connectivity index (χ1v) is 2.90. The van der Waals surface area contributed by atoms with Gasteiger partial charge in [-0.1, -0.05) is 0 Å². The standard InChI is InChI=1S/C5H9NO/c7-6-2-1-4-3-5(4)6/h4-6H,1-3H2. The second-order valence-corrected chi connectivity index (χ2v) is 2.61. The van der Waals surface area contributed by atoms with Crippen molar-refractivity contribution in [1.82, 2.24) is 0 Å². The molecule has 40 valence electrons. The molecule has 0 aromatic carbocycles. The van der Waals surface area contributed by atoms with Gasteiger partial charge < -0.3 is 10.3 Å². The zero-order valence-corrected chi connectivity index (χ0v) is 4.18. The van der Waals surface area contributed by atoms with Crippen LogP contribution in [0.15, 0.2) is 0 Å². The minimum Gasteiger partial charge on any atom is -0.634 e. The lowest BCUT2D eigenvalue weighted by Gasteiger charge is -2.15. The highest BCUT2D eigenvalue weighted by Crippen LogP contribution is 2.33. The van der Waals surface area contributed by atoms with Gasteiger partial charge in [-0.2, -0.15) is 0 Å². The van der Waals surface area contributed by atoms with E-state index in [0.717, 1.165) is 12.5 Å². The summed E-state index contributed by atoms with van der Waals surface area (Å²) in [5, 5.41) is 11.1. The lowest BCUT2D eigenvalue weighted by molar-refractivity contribution is -0.850. The molecular weight excluding hydrogens is 90.1 g/mol. The van der Waals surface area contributed by atoms with Crippen molar-refractivity contribution >= 4 is 0 Å². The summed E-state index contributed by atoms with van der Waals surface area (Å²) in [6, 6.07) is 0.542. The van der Waals surface area contributed by atoms with Gasteiger partial charge in [-0.05, 0) is 0 Å². The van der Waals surface area contributed by atoms with Crippen LogP contribution in [0, 0.1) is 11.1 Å². The van der Waals surface area contributed by atoms with Crippen LogP contribution in [0.25, 0.3) is 0 Å². The van der Waals surface area contributed by atoms with Crippen LogP contribution in [0.4, 0.5) is 0 Å². The summed E-state index contributed by atoms with van der Waals surface area (Å²) < 4.78 is 0. The molecule has 2 nitrogen and oxygen atoms in total. The SMILES string of the molecule is [O-][NH+]1CCC2CC21. The van der Waals surface area contributed by atoms with Crippen molar-refractivity contribution in [3.8, 4) is 0 Å². The number of hydrogen-bond donors (Lipinski definition) is 1. The number of fused-ring (bicyclic) bond motifs is 1. The third kappa shape index (κ3) is 0.409. The van der Waals surface area contributed by atoms with E-state index in [0.29, 0.717) is 11.1 Å². The third-order valence-electron chi connectivity index (χ3n) is 2.10. The highest BCUT2D eigenvalue weighted by Gasteiger charge is 2.47. The van der Waals surface area contributed by atoms with E-state index in [1.807, 2.05) is 0 Å². The normalized spacial score (nSPS) is 57.0. The van der Waals surface area contributed by atoms with Crippen LogP contribution in [-0.2, 0) is 0 Å². The number of quaternary nitrogens is 1. The highest BCUT2D eigenvalue weighted by atomic mass is 16.5. The molecule has 1 N–H and O–H groups in total. The van der Waals surface area contributed by atoms with Crippen molar-refractivity contribution in [2.45, 2.75) is 18.9 Å². The Morgan fingerprint density at radius 1 is 1.57 bits per heavy atom. The zero-order chi connectivity index (χ0) is 4.85. The Hall–Kier alpha value is -0.0800. The van der Waals surface area contributed by atoms with Crippen molar-refractivity contribution in [3.63, 3.8) is 0 Å². The number of rotatable bonds is 0. The van der Waals surface area contributed by atoms with E-state index in [4.69, 9.17) is 0 Å². The molecule has 2 aliphatic rings. The summed E-state index contributed by atoms with van der Waals surface area (Å²) in [7, 11) is 0. The molecule has 0 aromatic heterocycles. The van der Waals surface area contributed by atoms with Gasteiger partial charge in [0.2, 0.25) is 0 Å². The molecule has 1 aliphatic carbocycles. The molecule has 0 bridgehead atoms. The first-order valence-electron chi connectivity index (χ1n) is 2.90. The lowest BCUT2D eigenvalue weighted by atomic mass is 10.3. The molecule has 3 unspecified atom stereocenters. The molecule has 7 heavy (non-hydrogen) atoms. The summed E-state index contributed by atoms with van der Waals surface area (Å²) in [5.41, 5.74) is 0. The van der Waals surface area contributed by atoms with E-state index in [1.54, 1.807) is 0 Å². The van der Waals surface area contributed by atoms with Gasteiger partial charge in [0.1, 0.15) is 0 Å². The van der Waals surface area contributed by atoms with Crippen LogP contribution in [-0.4, -0.2) is 12.6 Å². The Labute approximate surface area is 42.7 Å². The fraction of sp³-hybridized carbons (Fsp3) is 1.00. The average molecular weight is 99.1 g/mol. The Balaban J connectivity index is 2.08. The van der Waals surface area contributed by atoms with Gasteiger partial charge in [-0.25, -0.2) is 0 Å². The van der Waals surface area contributed by atoms with Crippen molar-refractivity contribution in [1.29, 1.82) is 0 Å².